The molecule has 0 amide bonds. The van der Waals surface area contributed by atoms with Gasteiger partial charge in [-0.15, -0.1) is 0 Å². The molecule has 118 valence electrons. The zero-order valence-corrected chi connectivity index (χ0v) is 13.7. The van der Waals surface area contributed by atoms with E-state index in [1.54, 1.807) is 43.2 Å². The van der Waals surface area contributed by atoms with Gasteiger partial charge in [0.1, 0.15) is 0 Å². The van der Waals surface area contributed by atoms with Gasteiger partial charge in [0.05, 0.1) is 11.1 Å². The average molecular weight is 321 g/mol. The van der Waals surface area contributed by atoms with Crippen molar-refractivity contribution in [3.05, 3.63) is 47.8 Å². The molecule has 0 aliphatic carbocycles. The summed E-state index contributed by atoms with van der Waals surface area (Å²) < 4.78 is 28.5. The lowest BCUT2D eigenvalue weighted by molar-refractivity contribution is 0.101. The van der Waals surface area contributed by atoms with Crippen LogP contribution in [0, 0.1) is 0 Å². The highest BCUT2D eigenvalue weighted by Gasteiger charge is 2.24. The Morgan fingerprint density at radius 2 is 2.09 bits per heavy atom. The lowest BCUT2D eigenvalue weighted by Gasteiger charge is -2.20. The number of hydrogen-bond donors (Lipinski definition) is 0. The van der Waals surface area contributed by atoms with Gasteiger partial charge in [-0.05, 0) is 19.1 Å². The first-order valence-corrected chi connectivity index (χ1v) is 8.37. The zero-order valence-electron chi connectivity index (χ0n) is 12.9. The molecule has 0 radical (unpaired) electrons. The molecule has 22 heavy (non-hydrogen) atoms. The lowest BCUT2D eigenvalue weighted by Crippen LogP contribution is -2.30. The van der Waals surface area contributed by atoms with Crippen LogP contribution >= 0.6 is 0 Å². The summed E-state index contributed by atoms with van der Waals surface area (Å²) in [7, 11) is -1.87. The molecule has 0 spiro atoms. The number of aromatic nitrogens is 2. The van der Waals surface area contributed by atoms with Crippen LogP contribution in [-0.2, 0) is 23.6 Å². The van der Waals surface area contributed by atoms with Crippen LogP contribution in [0.4, 0.5) is 0 Å². The molecule has 0 saturated carbocycles. The van der Waals surface area contributed by atoms with Gasteiger partial charge < -0.3 is 0 Å². The summed E-state index contributed by atoms with van der Waals surface area (Å²) >= 11 is 0. The number of aryl methyl sites for hydroxylation is 1. The maximum absolute atomic E-state index is 12.7. The molecular formula is C15H19N3O3S. The second-order valence-electron chi connectivity index (χ2n) is 5.04. The predicted molar refractivity (Wildman–Crippen MR) is 82.9 cm³/mol. The van der Waals surface area contributed by atoms with Gasteiger partial charge in [-0.25, -0.2) is 8.42 Å². The maximum Gasteiger partial charge on any atom is 0.243 e. The number of sulfonamides is 1. The number of benzene rings is 1. The molecule has 0 fully saturated rings. The van der Waals surface area contributed by atoms with E-state index in [0.717, 1.165) is 5.56 Å². The number of rotatable bonds is 6. The molecule has 0 aliphatic heterocycles. The SMILES string of the molecule is CCN(Cc1cnn(C)c1)S(=O)(=O)c1cccc(C(C)=O)c1. The first-order chi connectivity index (χ1) is 10.3. The van der Waals surface area contributed by atoms with Crippen LogP contribution in [0.1, 0.15) is 29.8 Å². The third-order valence-electron chi connectivity index (χ3n) is 3.35. The van der Waals surface area contributed by atoms with Crippen LogP contribution in [0.5, 0.6) is 0 Å². The monoisotopic (exact) mass is 321 g/mol. The molecule has 6 nitrogen and oxygen atoms in total. The third-order valence-corrected chi connectivity index (χ3v) is 5.27. The number of hydrogen-bond acceptors (Lipinski definition) is 4. The van der Waals surface area contributed by atoms with E-state index in [0.29, 0.717) is 12.1 Å². The summed E-state index contributed by atoms with van der Waals surface area (Å²) in [5.41, 5.74) is 1.20. The van der Waals surface area contributed by atoms with Crippen molar-refractivity contribution in [2.45, 2.75) is 25.3 Å². The summed E-state index contributed by atoms with van der Waals surface area (Å²) in [6.45, 7) is 3.78. The van der Waals surface area contributed by atoms with Gasteiger partial charge in [-0.1, -0.05) is 19.1 Å². The topological polar surface area (TPSA) is 72.3 Å². The molecule has 0 N–H and O–H groups in total. The number of Topliss-reactive ketones (excluding diaryl/α,β-unsaturated/α-hetero) is 1. The van der Waals surface area contributed by atoms with Crippen molar-refractivity contribution in [2.24, 2.45) is 7.05 Å². The largest absolute Gasteiger partial charge is 0.295 e. The lowest BCUT2D eigenvalue weighted by atomic mass is 10.2. The fourth-order valence-corrected chi connectivity index (χ4v) is 3.63. The quantitative estimate of drug-likeness (QED) is 0.761. The van der Waals surface area contributed by atoms with Gasteiger partial charge in [0.15, 0.2) is 5.78 Å². The van der Waals surface area contributed by atoms with E-state index in [4.69, 9.17) is 0 Å². The minimum Gasteiger partial charge on any atom is -0.295 e. The molecule has 0 unspecified atom stereocenters. The summed E-state index contributed by atoms with van der Waals surface area (Å²) in [5, 5.41) is 4.05. The standard InChI is InChI=1S/C15H19N3O3S/c1-4-18(11-13-9-16-17(3)10-13)22(20,21)15-7-5-6-14(8-15)12(2)19/h5-10H,4,11H2,1-3H3. The third kappa shape index (κ3) is 3.42. The van der Waals surface area contributed by atoms with E-state index in [9.17, 15) is 13.2 Å². The van der Waals surface area contributed by atoms with Crippen molar-refractivity contribution in [3.8, 4) is 0 Å². The Hall–Kier alpha value is -1.99. The molecule has 2 aromatic rings. The number of nitrogens with zero attached hydrogens (tertiary/aromatic N) is 3. The summed E-state index contributed by atoms with van der Waals surface area (Å²) in [6, 6.07) is 6.12. The van der Waals surface area contributed by atoms with Crippen LogP contribution in [0.25, 0.3) is 0 Å². The molecular weight excluding hydrogens is 302 g/mol. The molecule has 2 rings (SSSR count). The van der Waals surface area contributed by atoms with Crippen LogP contribution in [0.15, 0.2) is 41.6 Å². The number of ketones is 1. The van der Waals surface area contributed by atoms with Gasteiger partial charge in [-0.3, -0.25) is 9.48 Å². The Balaban J connectivity index is 2.34. The van der Waals surface area contributed by atoms with E-state index < -0.39 is 10.0 Å². The van der Waals surface area contributed by atoms with Crippen molar-refractivity contribution in [3.63, 3.8) is 0 Å². The highest BCUT2D eigenvalue weighted by Crippen LogP contribution is 2.19. The number of carbonyl (C=O) groups excluding carboxylic acids is 1. The zero-order chi connectivity index (χ0) is 16.3. The van der Waals surface area contributed by atoms with Crippen LogP contribution in [0.2, 0.25) is 0 Å². The van der Waals surface area contributed by atoms with Gasteiger partial charge >= 0.3 is 0 Å². The first-order valence-electron chi connectivity index (χ1n) is 6.93. The molecule has 0 saturated heterocycles. The van der Waals surface area contributed by atoms with E-state index in [1.165, 1.54) is 23.4 Å². The van der Waals surface area contributed by atoms with Gasteiger partial charge in [-0.2, -0.15) is 9.40 Å². The fourth-order valence-electron chi connectivity index (χ4n) is 2.15. The minimum atomic E-state index is -3.65. The second kappa shape index (κ2) is 6.41. The van der Waals surface area contributed by atoms with Crippen LogP contribution in [-0.4, -0.2) is 34.8 Å². The smallest absolute Gasteiger partial charge is 0.243 e. The van der Waals surface area contributed by atoms with Crippen molar-refractivity contribution < 1.29 is 13.2 Å². The molecule has 0 aliphatic rings. The fraction of sp³-hybridized carbons (Fsp3) is 0.333. The Morgan fingerprint density at radius 1 is 1.36 bits per heavy atom. The van der Waals surface area contributed by atoms with Crippen LogP contribution in [0.3, 0.4) is 0 Å². The normalized spacial score (nSPS) is 11.8. The molecule has 1 aromatic heterocycles. The predicted octanol–water partition coefficient (Wildman–Crippen LogP) is 1.83. The molecule has 7 heteroatoms. The van der Waals surface area contributed by atoms with Gasteiger partial charge in [0.2, 0.25) is 10.0 Å². The van der Waals surface area contributed by atoms with Gasteiger partial charge in [0.25, 0.3) is 0 Å². The highest BCUT2D eigenvalue weighted by atomic mass is 32.2. The Morgan fingerprint density at radius 3 is 2.64 bits per heavy atom. The van der Waals surface area contributed by atoms with Crippen molar-refractivity contribution in [2.75, 3.05) is 6.54 Å². The highest BCUT2D eigenvalue weighted by molar-refractivity contribution is 7.89. The van der Waals surface area contributed by atoms with E-state index in [2.05, 4.69) is 5.10 Å². The average Bonchev–Trinajstić information content (AvgIpc) is 2.90. The summed E-state index contributed by atoms with van der Waals surface area (Å²) in [5.74, 6) is -0.160. The Bertz CT molecular complexity index is 781. The van der Waals surface area contributed by atoms with Crippen molar-refractivity contribution in [1.29, 1.82) is 0 Å². The first kappa shape index (κ1) is 16.4. The summed E-state index contributed by atoms with van der Waals surface area (Å²) in [6.07, 6.45) is 3.42. The van der Waals surface area contributed by atoms with Crippen molar-refractivity contribution >= 4 is 15.8 Å². The maximum atomic E-state index is 12.7. The van der Waals surface area contributed by atoms with E-state index in [1.807, 2.05) is 0 Å². The van der Waals surface area contributed by atoms with Crippen molar-refractivity contribution in [1.82, 2.24) is 14.1 Å². The second-order valence-corrected chi connectivity index (χ2v) is 6.98. The Labute approximate surface area is 130 Å². The van der Waals surface area contributed by atoms with E-state index in [-0.39, 0.29) is 17.2 Å². The molecule has 0 bridgehead atoms. The number of carbonyl (C=O) groups is 1. The Kier molecular flexibility index (Phi) is 4.77. The summed E-state index contributed by atoms with van der Waals surface area (Å²) in [4.78, 5) is 11.6. The van der Waals surface area contributed by atoms with Gasteiger partial charge in [0, 0.05) is 37.5 Å². The molecule has 1 aromatic carbocycles. The van der Waals surface area contributed by atoms with E-state index >= 15 is 0 Å². The minimum absolute atomic E-state index is 0.131. The molecule has 1 heterocycles. The molecule has 0 atom stereocenters. The van der Waals surface area contributed by atoms with Crippen LogP contribution < -0.4 is 0 Å².